The van der Waals surface area contributed by atoms with Gasteiger partial charge in [0.05, 0.1) is 18.0 Å². The zero-order chi connectivity index (χ0) is 21.7. The molecular weight excluding hydrogens is 481 g/mol. The van der Waals surface area contributed by atoms with Gasteiger partial charge >= 0.3 is 11.8 Å². The van der Waals surface area contributed by atoms with Crippen LogP contribution in [0.2, 0.25) is 0 Å². The summed E-state index contributed by atoms with van der Waals surface area (Å²) in [5.74, 6) is -2.21. The van der Waals surface area contributed by atoms with Crippen LogP contribution in [0.25, 0.3) is 0 Å². The van der Waals surface area contributed by atoms with Crippen molar-refractivity contribution in [2.75, 3.05) is 19.7 Å². The number of nitrogens with zero attached hydrogens (tertiary/aromatic N) is 1. The molecular formula is C19H19BrFN3O5S. The second-order valence-corrected chi connectivity index (χ2v) is 9.22. The summed E-state index contributed by atoms with van der Waals surface area (Å²) in [5.41, 5.74) is 0.628. The highest BCUT2D eigenvalue weighted by atomic mass is 79.9. The largest absolute Gasteiger partial charge is 0.359 e. The Morgan fingerprint density at radius 2 is 1.70 bits per heavy atom. The van der Waals surface area contributed by atoms with Crippen molar-refractivity contribution in [1.82, 2.24) is 14.9 Å². The summed E-state index contributed by atoms with van der Waals surface area (Å²) in [6.45, 7) is 0.178. The third-order valence-corrected chi connectivity index (χ3v) is 6.80. The maximum atomic E-state index is 12.9. The van der Waals surface area contributed by atoms with Gasteiger partial charge in [-0.1, -0.05) is 28.1 Å². The first-order valence-corrected chi connectivity index (χ1v) is 11.2. The smallest absolute Gasteiger partial charge is 0.309 e. The SMILES string of the molecule is O=C(NCc1ccc(F)cc1)C(=O)NCC1OCCN1S(=O)(=O)c1ccc(Br)cc1. The minimum absolute atomic E-state index is 0.0521. The van der Waals surface area contributed by atoms with Crippen molar-refractivity contribution in [2.45, 2.75) is 17.7 Å². The molecule has 1 heterocycles. The van der Waals surface area contributed by atoms with Crippen molar-refractivity contribution in [1.29, 1.82) is 0 Å². The number of halogens is 2. The lowest BCUT2D eigenvalue weighted by Gasteiger charge is -2.22. The molecule has 160 valence electrons. The van der Waals surface area contributed by atoms with Crippen LogP contribution < -0.4 is 10.6 Å². The third-order valence-electron chi connectivity index (χ3n) is 4.37. The minimum atomic E-state index is -3.82. The lowest BCUT2D eigenvalue weighted by atomic mass is 10.2. The van der Waals surface area contributed by atoms with Gasteiger partial charge in [0.2, 0.25) is 10.0 Å². The Bertz CT molecular complexity index is 1020. The van der Waals surface area contributed by atoms with Crippen LogP contribution >= 0.6 is 15.9 Å². The van der Waals surface area contributed by atoms with E-state index in [2.05, 4.69) is 26.6 Å². The lowest BCUT2D eigenvalue weighted by Crippen LogP contribution is -2.47. The molecule has 30 heavy (non-hydrogen) atoms. The predicted octanol–water partition coefficient (Wildman–Crippen LogP) is 1.37. The van der Waals surface area contributed by atoms with Crippen LogP contribution in [-0.2, 0) is 30.9 Å². The van der Waals surface area contributed by atoms with Gasteiger partial charge in [0, 0.05) is 17.6 Å². The summed E-state index contributed by atoms with van der Waals surface area (Å²) >= 11 is 3.26. The topological polar surface area (TPSA) is 105 Å². The second-order valence-electron chi connectivity index (χ2n) is 6.41. The van der Waals surface area contributed by atoms with Gasteiger partial charge in [0.1, 0.15) is 12.0 Å². The van der Waals surface area contributed by atoms with E-state index in [0.717, 1.165) is 8.78 Å². The van der Waals surface area contributed by atoms with Crippen LogP contribution in [0.1, 0.15) is 5.56 Å². The van der Waals surface area contributed by atoms with Gasteiger partial charge in [-0.05, 0) is 42.0 Å². The van der Waals surface area contributed by atoms with Gasteiger partial charge in [-0.25, -0.2) is 12.8 Å². The van der Waals surface area contributed by atoms with Crippen molar-refractivity contribution in [3.63, 3.8) is 0 Å². The molecule has 1 atom stereocenters. The van der Waals surface area contributed by atoms with Gasteiger partial charge in [-0.15, -0.1) is 0 Å². The summed E-state index contributed by atoms with van der Waals surface area (Å²) in [4.78, 5) is 24.1. The van der Waals surface area contributed by atoms with E-state index >= 15 is 0 Å². The van der Waals surface area contributed by atoms with E-state index in [1.165, 1.54) is 36.4 Å². The summed E-state index contributed by atoms with van der Waals surface area (Å²) in [6.07, 6.45) is -0.924. The number of amides is 2. The number of carbonyl (C=O) groups excluding carboxylic acids is 2. The highest BCUT2D eigenvalue weighted by molar-refractivity contribution is 9.10. The molecule has 2 aromatic carbocycles. The van der Waals surface area contributed by atoms with Crippen molar-refractivity contribution >= 4 is 37.8 Å². The molecule has 1 saturated heterocycles. The van der Waals surface area contributed by atoms with E-state index in [1.807, 2.05) is 0 Å². The average Bonchev–Trinajstić information content (AvgIpc) is 3.21. The van der Waals surface area contributed by atoms with Crippen LogP contribution in [0.5, 0.6) is 0 Å². The summed E-state index contributed by atoms with van der Waals surface area (Å²) in [5, 5.41) is 4.80. The molecule has 0 bridgehead atoms. The summed E-state index contributed by atoms with van der Waals surface area (Å²) < 4.78 is 45.9. The van der Waals surface area contributed by atoms with Gasteiger partial charge in [0.15, 0.2) is 0 Å². The van der Waals surface area contributed by atoms with Crippen LogP contribution in [-0.4, -0.2) is 50.5 Å². The molecule has 0 aromatic heterocycles. The highest BCUT2D eigenvalue weighted by Crippen LogP contribution is 2.23. The zero-order valence-electron chi connectivity index (χ0n) is 15.7. The maximum Gasteiger partial charge on any atom is 0.309 e. The Morgan fingerprint density at radius 3 is 2.37 bits per heavy atom. The third kappa shape index (κ3) is 5.42. The monoisotopic (exact) mass is 499 g/mol. The summed E-state index contributed by atoms with van der Waals surface area (Å²) in [6, 6.07) is 11.7. The van der Waals surface area contributed by atoms with Gasteiger partial charge in [-0.2, -0.15) is 4.31 Å². The molecule has 0 spiro atoms. The fourth-order valence-electron chi connectivity index (χ4n) is 2.81. The number of hydrogen-bond donors (Lipinski definition) is 2. The Kier molecular flexibility index (Phi) is 7.19. The molecule has 0 saturated carbocycles. The van der Waals surface area contributed by atoms with E-state index < -0.39 is 33.9 Å². The number of nitrogens with one attached hydrogen (secondary N) is 2. The number of hydrogen-bond acceptors (Lipinski definition) is 5. The highest BCUT2D eigenvalue weighted by Gasteiger charge is 2.36. The maximum absolute atomic E-state index is 12.9. The van der Waals surface area contributed by atoms with Gasteiger partial charge in [0.25, 0.3) is 0 Å². The van der Waals surface area contributed by atoms with Gasteiger partial charge < -0.3 is 15.4 Å². The first-order chi connectivity index (χ1) is 14.3. The Balaban J connectivity index is 1.54. The number of rotatable bonds is 6. The van der Waals surface area contributed by atoms with Crippen LogP contribution in [0.15, 0.2) is 57.9 Å². The van der Waals surface area contributed by atoms with E-state index in [1.54, 1.807) is 12.1 Å². The average molecular weight is 500 g/mol. The quantitative estimate of drug-likeness (QED) is 0.584. The number of sulfonamides is 1. The number of benzene rings is 2. The van der Waals surface area contributed by atoms with Crippen molar-refractivity contribution in [3.8, 4) is 0 Å². The molecule has 11 heteroatoms. The first-order valence-electron chi connectivity index (χ1n) is 8.97. The zero-order valence-corrected chi connectivity index (χ0v) is 18.1. The fourth-order valence-corrected chi connectivity index (χ4v) is 4.58. The minimum Gasteiger partial charge on any atom is -0.359 e. The molecule has 8 nitrogen and oxygen atoms in total. The predicted molar refractivity (Wildman–Crippen MR) is 109 cm³/mol. The van der Waals surface area contributed by atoms with Crippen LogP contribution in [0.4, 0.5) is 4.39 Å². The molecule has 2 N–H and O–H groups in total. The molecule has 0 aliphatic carbocycles. The van der Waals surface area contributed by atoms with Crippen molar-refractivity contribution < 1.29 is 27.1 Å². The van der Waals surface area contributed by atoms with Crippen LogP contribution in [0, 0.1) is 5.82 Å². The van der Waals surface area contributed by atoms with Crippen LogP contribution in [0.3, 0.4) is 0 Å². The molecule has 1 aliphatic heterocycles. The molecule has 1 aliphatic rings. The normalized spacial score (nSPS) is 16.9. The molecule has 1 unspecified atom stereocenters. The Hall–Kier alpha value is -2.34. The van der Waals surface area contributed by atoms with Crippen molar-refractivity contribution in [2.24, 2.45) is 0 Å². The molecule has 2 aromatic rings. The van der Waals surface area contributed by atoms with E-state index in [9.17, 15) is 22.4 Å². The Morgan fingerprint density at radius 1 is 1.07 bits per heavy atom. The standard InChI is InChI=1S/C19H19BrFN3O5S/c20-14-3-7-16(8-4-14)30(27,28)24-9-10-29-17(24)12-23-19(26)18(25)22-11-13-1-5-15(21)6-2-13/h1-8,17H,9-12H2,(H,22,25)(H,23,26). The Labute approximate surface area is 181 Å². The fraction of sp³-hybridized carbons (Fsp3) is 0.263. The number of ether oxygens (including phenoxy) is 1. The van der Waals surface area contributed by atoms with Crippen molar-refractivity contribution in [3.05, 3.63) is 64.4 Å². The first kappa shape index (κ1) is 22.3. The lowest BCUT2D eigenvalue weighted by molar-refractivity contribution is -0.139. The molecule has 1 fully saturated rings. The molecule has 0 radical (unpaired) electrons. The van der Waals surface area contributed by atoms with E-state index in [-0.39, 0.29) is 31.1 Å². The number of carbonyl (C=O) groups is 2. The second kappa shape index (κ2) is 9.65. The van der Waals surface area contributed by atoms with Gasteiger partial charge in [-0.3, -0.25) is 9.59 Å². The molecule has 3 rings (SSSR count). The van der Waals surface area contributed by atoms with E-state index in [0.29, 0.717) is 5.56 Å². The summed E-state index contributed by atoms with van der Waals surface area (Å²) in [7, 11) is -3.82. The van der Waals surface area contributed by atoms with E-state index in [4.69, 9.17) is 4.74 Å². The molecule has 2 amide bonds.